The fourth-order valence-electron chi connectivity index (χ4n) is 7.34. The molecule has 2 N–H and O–H groups in total. The summed E-state index contributed by atoms with van der Waals surface area (Å²) < 4.78 is 18.3. The van der Waals surface area contributed by atoms with Gasteiger partial charge in [-0.05, 0) is 97.5 Å². The van der Waals surface area contributed by atoms with Crippen LogP contribution < -0.4 is 14.2 Å². The van der Waals surface area contributed by atoms with Crippen LogP contribution in [0, 0.1) is 10.8 Å². The Balaban J connectivity index is 1.32. The molecule has 5 unspecified atom stereocenters. The Morgan fingerprint density at radius 1 is 0.711 bits per heavy atom. The van der Waals surface area contributed by atoms with Crippen LogP contribution in [-0.4, -0.2) is 29.2 Å². The van der Waals surface area contributed by atoms with E-state index in [4.69, 9.17) is 14.2 Å². The molecule has 0 bridgehead atoms. The lowest BCUT2D eigenvalue weighted by Gasteiger charge is -2.31. The van der Waals surface area contributed by atoms with Crippen LogP contribution in [-0.2, 0) is 5.41 Å². The lowest BCUT2D eigenvalue weighted by Crippen LogP contribution is -2.35. The standard InChI is InChI=1S/C40H48O5/c1-8-10-27-37(3,30-15-19-32(41)20-16-30)31-17-25-34(26-18-31)44-36(42)39(5)38(4,9-2)40(39,6)45-35-23-13-29(14-24-35)28-11-21-33(43-7)22-12-28/h11-26,36,41-42H,8-10,27H2,1-7H3. The lowest BCUT2D eigenvalue weighted by molar-refractivity contribution is -0.0953. The topological polar surface area (TPSA) is 68.2 Å². The van der Waals surface area contributed by atoms with E-state index in [1.54, 1.807) is 19.2 Å². The van der Waals surface area contributed by atoms with E-state index in [-0.39, 0.29) is 16.6 Å². The minimum atomic E-state index is -1.07. The van der Waals surface area contributed by atoms with Gasteiger partial charge < -0.3 is 24.4 Å². The van der Waals surface area contributed by atoms with E-state index in [9.17, 15) is 10.2 Å². The number of rotatable bonds is 13. The van der Waals surface area contributed by atoms with Gasteiger partial charge in [0.2, 0.25) is 6.29 Å². The smallest absolute Gasteiger partial charge is 0.207 e. The van der Waals surface area contributed by atoms with Crippen molar-refractivity contribution in [1.29, 1.82) is 0 Å². The van der Waals surface area contributed by atoms with Gasteiger partial charge in [-0.15, -0.1) is 0 Å². The predicted molar refractivity (Wildman–Crippen MR) is 181 cm³/mol. The van der Waals surface area contributed by atoms with E-state index in [1.807, 2.05) is 60.7 Å². The number of benzene rings is 4. The van der Waals surface area contributed by atoms with Gasteiger partial charge in [0.25, 0.3) is 0 Å². The Bertz CT molecular complexity index is 1560. The predicted octanol–water partition coefficient (Wildman–Crippen LogP) is 9.54. The van der Waals surface area contributed by atoms with Crippen molar-refractivity contribution in [3.05, 3.63) is 108 Å². The second-order valence-corrected chi connectivity index (χ2v) is 13.3. The number of phenols is 1. The van der Waals surface area contributed by atoms with Crippen LogP contribution in [0.15, 0.2) is 97.1 Å². The zero-order valence-corrected chi connectivity index (χ0v) is 27.8. The van der Waals surface area contributed by atoms with Crippen molar-refractivity contribution < 1.29 is 24.4 Å². The number of unbranched alkanes of at least 4 members (excludes halogenated alkanes) is 1. The molecule has 45 heavy (non-hydrogen) atoms. The van der Waals surface area contributed by atoms with Crippen LogP contribution in [0.2, 0.25) is 0 Å². The average Bonchev–Trinajstić information content (AvgIpc) is 3.45. The molecule has 4 aromatic carbocycles. The van der Waals surface area contributed by atoms with Crippen molar-refractivity contribution in [2.24, 2.45) is 10.8 Å². The van der Waals surface area contributed by atoms with E-state index in [0.717, 1.165) is 53.9 Å². The van der Waals surface area contributed by atoms with Gasteiger partial charge in [-0.1, -0.05) is 89.1 Å². The first-order valence-corrected chi connectivity index (χ1v) is 16.1. The molecule has 0 spiro atoms. The van der Waals surface area contributed by atoms with Gasteiger partial charge in [-0.2, -0.15) is 0 Å². The number of aliphatic hydroxyl groups excluding tert-OH is 1. The number of ether oxygens (including phenoxy) is 3. The molecular weight excluding hydrogens is 560 g/mol. The Morgan fingerprint density at radius 3 is 1.69 bits per heavy atom. The van der Waals surface area contributed by atoms with E-state index in [0.29, 0.717) is 5.75 Å². The molecule has 5 heteroatoms. The van der Waals surface area contributed by atoms with Crippen molar-refractivity contribution in [2.45, 2.75) is 84.5 Å². The van der Waals surface area contributed by atoms with E-state index in [2.05, 4.69) is 65.8 Å². The third-order valence-corrected chi connectivity index (χ3v) is 11.2. The highest BCUT2D eigenvalue weighted by atomic mass is 16.6. The normalized spacial score (nSPS) is 24.4. The molecule has 4 aromatic rings. The molecule has 0 radical (unpaired) electrons. The second kappa shape index (κ2) is 12.4. The molecule has 238 valence electrons. The van der Waals surface area contributed by atoms with E-state index < -0.39 is 17.3 Å². The lowest BCUT2D eigenvalue weighted by atomic mass is 9.73. The number of methoxy groups -OCH3 is 1. The first kappa shape index (κ1) is 32.4. The number of phenolic OH excluding ortho intramolecular Hbond substituents is 1. The Hall–Kier alpha value is -3.96. The molecule has 1 aliphatic rings. The van der Waals surface area contributed by atoms with Crippen LogP contribution in [0.3, 0.4) is 0 Å². The maximum absolute atomic E-state index is 11.6. The molecule has 0 heterocycles. The highest BCUT2D eigenvalue weighted by Gasteiger charge is 2.85. The largest absolute Gasteiger partial charge is 0.508 e. The minimum Gasteiger partial charge on any atom is -0.508 e. The quantitative estimate of drug-likeness (QED) is 0.148. The van der Waals surface area contributed by atoms with Crippen molar-refractivity contribution in [3.8, 4) is 34.1 Å². The molecule has 0 saturated heterocycles. The van der Waals surface area contributed by atoms with E-state index >= 15 is 0 Å². The van der Waals surface area contributed by atoms with Gasteiger partial charge in [0.05, 0.1) is 12.5 Å². The zero-order chi connectivity index (χ0) is 32.5. The summed E-state index contributed by atoms with van der Waals surface area (Å²) in [7, 11) is 1.67. The maximum Gasteiger partial charge on any atom is 0.207 e. The zero-order valence-electron chi connectivity index (χ0n) is 27.8. The van der Waals surface area contributed by atoms with Crippen molar-refractivity contribution in [2.75, 3.05) is 7.11 Å². The molecule has 1 saturated carbocycles. The third kappa shape index (κ3) is 5.56. The highest BCUT2D eigenvalue weighted by molar-refractivity contribution is 5.65. The maximum atomic E-state index is 11.6. The third-order valence-electron chi connectivity index (χ3n) is 11.2. The van der Waals surface area contributed by atoms with Crippen LogP contribution >= 0.6 is 0 Å². The fraction of sp³-hybridized carbons (Fsp3) is 0.400. The number of hydrogen-bond donors (Lipinski definition) is 2. The summed E-state index contributed by atoms with van der Waals surface area (Å²) in [6, 6.07) is 31.7. The monoisotopic (exact) mass is 608 g/mol. The SMILES string of the molecule is CCCCC(C)(c1ccc(O)cc1)c1ccc(OC(O)C2(C)C(C)(CC)C2(C)Oc2ccc(-c3ccc(OC)cc3)cc2)cc1. The number of hydrogen-bond acceptors (Lipinski definition) is 5. The first-order valence-electron chi connectivity index (χ1n) is 16.1. The van der Waals surface area contributed by atoms with Crippen molar-refractivity contribution in [3.63, 3.8) is 0 Å². The number of aromatic hydroxyl groups is 1. The van der Waals surface area contributed by atoms with Gasteiger partial charge in [0.15, 0.2) is 0 Å². The summed E-state index contributed by atoms with van der Waals surface area (Å²) in [5, 5.41) is 21.5. The molecule has 5 atom stereocenters. The van der Waals surface area contributed by atoms with Crippen molar-refractivity contribution >= 4 is 0 Å². The van der Waals surface area contributed by atoms with E-state index in [1.165, 1.54) is 5.56 Å². The van der Waals surface area contributed by atoms with Crippen LogP contribution in [0.1, 0.15) is 78.4 Å². The fourth-order valence-corrected chi connectivity index (χ4v) is 7.34. The first-order chi connectivity index (χ1) is 21.5. The van der Waals surface area contributed by atoms with Gasteiger partial charge in [-0.25, -0.2) is 0 Å². The summed E-state index contributed by atoms with van der Waals surface area (Å²) in [4.78, 5) is 0. The molecule has 0 aliphatic heterocycles. The summed E-state index contributed by atoms with van der Waals surface area (Å²) in [6.45, 7) is 12.9. The van der Waals surface area contributed by atoms with Crippen LogP contribution in [0.4, 0.5) is 0 Å². The Kier molecular flexibility index (Phi) is 8.97. The molecule has 0 aromatic heterocycles. The Labute approximate surface area is 268 Å². The summed E-state index contributed by atoms with van der Waals surface area (Å²) >= 11 is 0. The molecule has 5 rings (SSSR count). The van der Waals surface area contributed by atoms with Gasteiger partial charge >= 0.3 is 0 Å². The molecular formula is C40H48O5. The van der Waals surface area contributed by atoms with Gasteiger partial charge in [0.1, 0.15) is 28.6 Å². The van der Waals surface area contributed by atoms with Gasteiger partial charge in [-0.3, -0.25) is 0 Å². The number of aliphatic hydroxyl groups is 1. The summed E-state index contributed by atoms with van der Waals surface area (Å²) in [5.74, 6) is 2.47. The average molecular weight is 609 g/mol. The highest BCUT2D eigenvalue weighted by Crippen LogP contribution is 2.76. The van der Waals surface area contributed by atoms with Crippen LogP contribution in [0.25, 0.3) is 11.1 Å². The minimum absolute atomic E-state index is 0.209. The van der Waals surface area contributed by atoms with Gasteiger partial charge in [0, 0.05) is 10.8 Å². The van der Waals surface area contributed by atoms with Crippen LogP contribution in [0.5, 0.6) is 23.0 Å². The molecule has 1 aliphatic carbocycles. The molecule has 5 nitrogen and oxygen atoms in total. The second-order valence-electron chi connectivity index (χ2n) is 13.3. The molecule has 1 fully saturated rings. The van der Waals surface area contributed by atoms with Crippen molar-refractivity contribution in [1.82, 2.24) is 0 Å². The summed E-state index contributed by atoms with van der Waals surface area (Å²) in [5.41, 5.74) is 2.71. The summed E-state index contributed by atoms with van der Waals surface area (Å²) in [6.07, 6.45) is 2.93. The Morgan fingerprint density at radius 2 is 1.20 bits per heavy atom. The molecule has 0 amide bonds.